The van der Waals surface area contributed by atoms with Gasteiger partial charge in [-0.1, -0.05) is 48.5 Å². The largest absolute Gasteiger partial charge is 0.355 e. The standard InChI is InChI=1S/C26H27N/c1-3-11-19(12-4-1)25-21-15-7-9-17-23(21)26(24-18-10-8-16-22(24)25)27-20-13-5-2-6-14-20/h1-6,11-14,27H,7-10,15-18H2. The molecule has 0 unspecified atom stereocenters. The third-order valence-electron chi connectivity index (χ3n) is 6.25. The van der Waals surface area contributed by atoms with Gasteiger partial charge in [-0.2, -0.15) is 0 Å². The van der Waals surface area contributed by atoms with Crippen molar-refractivity contribution in [2.24, 2.45) is 0 Å². The average Bonchev–Trinajstić information content (AvgIpc) is 2.75. The van der Waals surface area contributed by atoms with Crippen LogP contribution in [-0.4, -0.2) is 0 Å². The number of benzene rings is 3. The summed E-state index contributed by atoms with van der Waals surface area (Å²) < 4.78 is 0. The number of fused-ring (bicyclic) bond motifs is 2. The van der Waals surface area contributed by atoms with Crippen molar-refractivity contribution in [3.05, 3.63) is 82.9 Å². The molecule has 3 aromatic rings. The van der Waals surface area contributed by atoms with E-state index < -0.39 is 0 Å². The molecule has 0 aliphatic heterocycles. The highest BCUT2D eigenvalue weighted by Gasteiger charge is 2.27. The van der Waals surface area contributed by atoms with E-state index in [0.717, 1.165) is 0 Å². The predicted octanol–water partition coefficient (Wildman–Crippen LogP) is 6.85. The maximum atomic E-state index is 3.84. The highest BCUT2D eigenvalue weighted by Crippen LogP contribution is 2.45. The minimum atomic E-state index is 1.21. The SMILES string of the molecule is c1ccc(Nc2c3c(c(-c4ccccc4)c4c2CCCC4)CCCC3)cc1. The van der Waals surface area contributed by atoms with Crippen molar-refractivity contribution in [1.82, 2.24) is 0 Å². The molecule has 0 amide bonds. The molecule has 0 bridgehead atoms. The average molecular weight is 354 g/mol. The molecule has 1 heteroatoms. The molecule has 0 fully saturated rings. The highest BCUT2D eigenvalue weighted by atomic mass is 14.9. The van der Waals surface area contributed by atoms with Crippen LogP contribution in [0.25, 0.3) is 11.1 Å². The molecule has 136 valence electrons. The van der Waals surface area contributed by atoms with Gasteiger partial charge in [0.25, 0.3) is 0 Å². The molecule has 2 aliphatic carbocycles. The lowest BCUT2D eigenvalue weighted by Crippen LogP contribution is -2.16. The molecule has 0 heterocycles. The smallest absolute Gasteiger partial charge is 0.0455 e. The van der Waals surface area contributed by atoms with Gasteiger partial charge in [-0.05, 0) is 96.9 Å². The molecule has 5 rings (SSSR count). The molecular weight excluding hydrogens is 326 g/mol. The molecular formula is C26H27N. The molecule has 1 N–H and O–H groups in total. The van der Waals surface area contributed by atoms with Gasteiger partial charge in [0.2, 0.25) is 0 Å². The van der Waals surface area contributed by atoms with E-state index in [0.29, 0.717) is 0 Å². The molecule has 0 aromatic heterocycles. The maximum Gasteiger partial charge on any atom is 0.0455 e. The van der Waals surface area contributed by atoms with E-state index in [1.165, 1.54) is 68.3 Å². The number of rotatable bonds is 3. The molecule has 0 radical (unpaired) electrons. The summed E-state index contributed by atoms with van der Waals surface area (Å²) in [6, 6.07) is 21.9. The first-order valence-corrected chi connectivity index (χ1v) is 10.5. The van der Waals surface area contributed by atoms with Gasteiger partial charge < -0.3 is 5.32 Å². The van der Waals surface area contributed by atoms with Crippen molar-refractivity contribution < 1.29 is 0 Å². The van der Waals surface area contributed by atoms with Gasteiger partial charge >= 0.3 is 0 Å². The number of hydrogen-bond donors (Lipinski definition) is 1. The predicted molar refractivity (Wildman–Crippen MR) is 115 cm³/mol. The monoisotopic (exact) mass is 353 g/mol. The van der Waals surface area contributed by atoms with Gasteiger partial charge in [0.05, 0.1) is 0 Å². The second-order valence-electron chi connectivity index (χ2n) is 7.94. The Hall–Kier alpha value is -2.54. The summed E-state index contributed by atoms with van der Waals surface area (Å²) in [4.78, 5) is 0. The second kappa shape index (κ2) is 7.23. The Labute approximate surface area is 162 Å². The summed E-state index contributed by atoms with van der Waals surface area (Å²) in [6.07, 6.45) is 10.1. The van der Waals surface area contributed by atoms with Crippen LogP contribution in [0.3, 0.4) is 0 Å². The summed E-state index contributed by atoms with van der Waals surface area (Å²) in [6.45, 7) is 0. The third kappa shape index (κ3) is 3.06. The molecule has 3 aromatic carbocycles. The summed E-state index contributed by atoms with van der Waals surface area (Å²) in [5, 5.41) is 3.84. The van der Waals surface area contributed by atoms with Crippen molar-refractivity contribution in [2.45, 2.75) is 51.4 Å². The second-order valence-corrected chi connectivity index (χ2v) is 7.94. The molecule has 2 aliphatic rings. The van der Waals surface area contributed by atoms with E-state index in [1.54, 1.807) is 27.8 Å². The van der Waals surface area contributed by atoms with Crippen LogP contribution < -0.4 is 5.32 Å². The zero-order chi connectivity index (χ0) is 18.1. The Morgan fingerprint density at radius 2 is 1.00 bits per heavy atom. The van der Waals surface area contributed by atoms with Crippen LogP contribution >= 0.6 is 0 Å². The van der Waals surface area contributed by atoms with E-state index >= 15 is 0 Å². The number of hydrogen-bond acceptors (Lipinski definition) is 1. The van der Waals surface area contributed by atoms with Gasteiger partial charge in [-0.3, -0.25) is 0 Å². The molecule has 27 heavy (non-hydrogen) atoms. The van der Waals surface area contributed by atoms with Crippen LogP contribution in [0.4, 0.5) is 11.4 Å². The Kier molecular flexibility index (Phi) is 4.45. The fourth-order valence-electron chi connectivity index (χ4n) is 5.05. The topological polar surface area (TPSA) is 12.0 Å². The quantitative estimate of drug-likeness (QED) is 0.542. The summed E-state index contributed by atoms with van der Waals surface area (Å²) >= 11 is 0. The first-order chi connectivity index (χ1) is 13.4. The number of para-hydroxylation sites is 1. The van der Waals surface area contributed by atoms with Crippen LogP contribution in [0.5, 0.6) is 0 Å². The molecule has 0 saturated heterocycles. The van der Waals surface area contributed by atoms with Gasteiger partial charge in [0.15, 0.2) is 0 Å². The van der Waals surface area contributed by atoms with Crippen LogP contribution in [0.2, 0.25) is 0 Å². The molecule has 0 spiro atoms. The molecule has 0 saturated carbocycles. The van der Waals surface area contributed by atoms with Crippen LogP contribution in [0, 0.1) is 0 Å². The fourth-order valence-corrected chi connectivity index (χ4v) is 5.05. The van der Waals surface area contributed by atoms with E-state index in [-0.39, 0.29) is 0 Å². The maximum absolute atomic E-state index is 3.84. The minimum absolute atomic E-state index is 1.21. The van der Waals surface area contributed by atoms with Crippen LogP contribution in [-0.2, 0) is 25.7 Å². The van der Waals surface area contributed by atoms with Crippen molar-refractivity contribution in [3.8, 4) is 11.1 Å². The van der Waals surface area contributed by atoms with E-state index in [4.69, 9.17) is 0 Å². The van der Waals surface area contributed by atoms with Gasteiger partial charge in [-0.25, -0.2) is 0 Å². The Bertz CT molecular complexity index is 904. The lowest BCUT2D eigenvalue weighted by Gasteiger charge is -2.32. The highest BCUT2D eigenvalue weighted by molar-refractivity contribution is 5.82. The normalized spacial score (nSPS) is 15.7. The summed E-state index contributed by atoms with van der Waals surface area (Å²) in [5.74, 6) is 0. The third-order valence-corrected chi connectivity index (χ3v) is 6.25. The van der Waals surface area contributed by atoms with Gasteiger partial charge in [0.1, 0.15) is 0 Å². The van der Waals surface area contributed by atoms with Crippen LogP contribution in [0.15, 0.2) is 60.7 Å². The zero-order valence-electron chi connectivity index (χ0n) is 15.9. The lowest BCUT2D eigenvalue weighted by molar-refractivity contribution is 0.663. The van der Waals surface area contributed by atoms with Crippen LogP contribution in [0.1, 0.15) is 47.9 Å². The number of anilines is 2. The van der Waals surface area contributed by atoms with Gasteiger partial charge in [-0.15, -0.1) is 0 Å². The molecule has 1 nitrogen and oxygen atoms in total. The molecule has 0 atom stereocenters. The summed E-state index contributed by atoms with van der Waals surface area (Å²) in [7, 11) is 0. The van der Waals surface area contributed by atoms with E-state index in [9.17, 15) is 0 Å². The minimum Gasteiger partial charge on any atom is -0.355 e. The first kappa shape index (κ1) is 16.6. The van der Waals surface area contributed by atoms with Gasteiger partial charge in [0, 0.05) is 11.4 Å². The van der Waals surface area contributed by atoms with E-state index in [1.807, 2.05) is 0 Å². The van der Waals surface area contributed by atoms with E-state index in [2.05, 4.69) is 66.0 Å². The summed E-state index contributed by atoms with van der Waals surface area (Å²) in [5.41, 5.74) is 12.0. The first-order valence-electron chi connectivity index (χ1n) is 10.5. The Morgan fingerprint density at radius 1 is 0.519 bits per heavy atom. The zero-order valence-corrected chi connectivity index (χ0v) is 15.9. The Balaban J connectivity index is 1.75. The lowest BCUT2D eigenvalue weighted by atomic mass is 9.76. The van der Waals surface area contributed by atoms with Crippen molar-refractivity contribution >= 4 is 11.4 Å². The Morgan fingerprint density at radius 3 is 1.56 bits per heavy atom. The number of nitrogens with one attached hydrogen (secondary N) is 1. The van der Waals surface area contributed by atoms with Crippen molar-refractivity contribution in [3.63, 3.8) is 0 Å². The fraction of sp³-hybridized carbons (Fsp3) is 0.308. The van der Waals surface area contributed by atoms with Crippen molar-refractivity contribution in [1.29, 1.82) is 0 Å². The van der Waals surface area contributed by atoms with Crippen molar-refractivity contribution in [2.75, 3.05) is 5.32 Å².